The first kappa shape index (κ1) is 21.5. The number of carbonyl (C=O) groups is 1. The summed E-state index contributed by atoms with van der Waals surface area (Å²) < 4.78 is 17.7. The third kappa shape index (κ3) is 4.86. The molecule has 3 rings (SSSR count). The minimum absolute atomic E-state index is 0.132. The Kier molecular flexibility index (Phi) is 6.84. The molecule has 1 aromatic heterocycles. The van der Waals surface area contributed by atoms with Gasteiger partial charge in [-0.05, 0) is 49.2 Å². The van der Waals surface area contributed by atoms with Gasteiger partial charge in [0, 0.05) is 17.5 Å². The van der Waals surface area contributed by atoms with Crippen LogP contribution in [0.15, 0.2) is 42.5 Å². The van der Waals surface area contributed by atoms with E-state index >= 15 is 0 Å². The van der Waals surface area contributed by atoms with Crippen molar-refractivity contribution in [2.45, 2.75) is 19.8 Å². The van der Waals surface area contributed by atoms with Crippen LogP contribution in [0.1, 0.15) is 17.7 Å². The van der Waals surface area contributed by atoms with E-state index in [9.17, 15) is 4.79 Å². The van der Waals surface area contributed by atoms with E-state index in [1.165, 1.54) is 0 Å². The maximum atomic E-state index is 12.6. The Labute approximate surface area is 180 Å². The average Bonchev–Trinajstić information content (AvgIpc) is 3.11. The van der Waals surface area contributed by atoms with Crippen LogP contribution in [-0.2, 0) is 11.2 Å². The number of ether oxygens (including phenoxy) is 3. The number of nitrogens with zero attached hydrogens (tertiary/aromatic N) is 2. The van der Waals surface area contributed by atoms with Crippen LogP contribution in [0.3, 0.4) is 0 Å². The van der Waals surface area contributed by atoms with Crippen LogP contribution in [0.2, 0.25) is 5.02 Å². The Morgan fingerprint density at radius 1 is 1.07 bits per heavy atom. The van der Waals surface area contributed by atoms with E-state index in [0.717, 1.165) is 16.9 Å². The summed E-state index contributed by atoms with van der Waals surface area (Å²) in [6.45, 7) is 1.87. The summed E-state index contributed by atoms with van der Waals surface area (Å²) >= 11 is 6.09. The molecule has 7 nitrogen and oxygen atoms in total. The number of halogens is 1. The number of benzene rings is 2. The van der Waals surface area contributed by atoms with Crippen LogP contribution in [-0.4, -0.2) is 37.0 Å². The lowest BCUT2D eigenvalue weighted by molar-refractivity contribution is -0.116. The molecule has 30 heavy (non-hydrogen) atoms. The number of aryl methyl sites for hydroxylation is 2. The molecular weight excluding hydrogens is 406 g/mol. The largest absolute Gasteiger partial charge is 0.493 e. The van der Waals surface area contributed by atoms with E-state index in [0.29, 0.717) is 34.5 Å². The molecule has 0 aliphatic rings. The zero-order valence-electron chi connectivity index (χ0n) is 17.4. The van der Waals surface area contributed by atoms with Crippen molar-refractivity contribution >= 4 is 23.3 Å². The van der Waals surface area contributed by atoms with E-state index in [1.54, 1.807) is 38.1 Å². The lowest BCUT2D eigenvalue weighted by Gasteiger charge is -2.14. The summed E-state index contributed by atoms with van der Waals surface area (Å²) in [5.41, 5.74) is 2.46. The number of hydrogen-bond acceptors (Lipinski definition) is 5. The van der Waals surface area contributed by atoms with E-state index < -0.39 is 0 Å². The standard InChI is InChI=1S/C22H24ClN3O4/c1-14-10-20(26(25-14)17-7-5-6-16(23)13-17)24-21(27)9-8-15-11-18(28-2)22(30-4)19(12-15)29-3/h5-7,10-13H,8-9H2,1-4H3,(H,24,27). The van der Waals surface area contributed by atoms with Crippen molar-refractivity contribution in [1.82, 2.24) is 9.78 Å². The van der Waals surface area contributed by atoms with Gasteiger partial charge < -0.3 is 19.5 Å². The molecule has 0 bridgehead atoms. The van der Waals surface area contributed by atoms with Crippen molar-refractivity contribution in [2.75, 3.05) is 26.6 Å². The van der Waals surface area contributed by atoms with Gasteiger partial charge in [-0.25, -0.2) is 4.68 Å². The van der Waals surface area contributed by atoms with Crippen molar-refractivity contribution in [3.05, 3.63) is 58.7 Å². The maximum absolute atomic E-state index is 12.6. The van der Waals surface area contributed by atoms with Crippen molar-refractivity contribution in [2.24, 2.45) is 0 Å². The van der Waals surface area contributed by atoms with Crippen molar-refractivity contribution in [1.29, 1.82) is 0 Å². The van der Waals surface area contributed by atoms with Gasteiger partial charge in [0.25, 0.3) is 0 Å². The van der Waals surface area contributed by atoms with E-state index in [4.69, 9.17) is 25.8 Å². The molecule has 1 N–H and O–H groups in total. The van der Waals surface area contributed by atoms with Crippen LogP contribution in [0.5, 0.6) is 17.2 Å². The monoisotopic (exact) mass is 429 g/mol. The SMILES string of the molecule is COc1cc(CCC(=O)Nc2cc(C)nn2-c2cccc(Cl)c2)cc(OC)c1OC. The maximum Gasteiger partial charge on any atom is 0.225 e. The van der Waals surface area contributed by atoms with E-state index in [1.807, 2.05) is 37.3 Å². The highest BCUT2D eigenvalue weighted by Crippen LogP contribution is 2.38. The second-order valence-electron chi connectivity index (χ2n) is 6.64. The summed E-state index contributed by atoms with van der Waals surface area (Å²) in [6.07, 6.45) is 0.783. The van der Waals surface area contributed by atoms with Gasteiger partial charge >= 0.3 is 0 Å². The predicted octanol–water partition coefficient (Wildman–Crippen LogP) is 4.43. The van der Waals surface area contributed by atoms with Gasteiger partial charge in [-0.1, -0.05) is 17.7 Å². The highest BCUT2D eigenvalue weighted by Gasteiger charge is 2.15. The van der Waals surface area contributed by atoms with Crippen LogP contribution in [0.25, 0.3) is 5.69 Å². The first-order valence-corrected chi connectivity index (χ1v) is 9.74. The van der Waals surface area contributed by atoms with Gasteiger partial charge in [0.1, 0.15) is 5.82 Å². The van der Waals surface area contributed by atoms with Crippen molar-refractivity contribution in [3.8, 4) is 22.9 Å². The predicted molar refractivity (Wildman–Crippen MR) is 116 cm³/mol. The van der Waals surface area contributed by atoms with Crippen LogP contribution in [0.4, 0.5) is 5.82 Å². The highest BCUT2D eigenvalue weighted by atomic mass is 35.5. The summed E-state index contributed by atoms with van der Waals surface area (Å²) in [7, 11) is 4.68. The fourth-order valence-corrected chi connectivity index (χ4v) is 3.32. The Hall–Kier alpha value is -3.19. The van der Waals surface area contributed by atoms with Gasteiger partial charge in [-0.15, -0.1) is 0 Å². The highest BCUT2D eigenvalue weighted by molar-refractivity contribution is 6.30. The molecule has 0 atom stereocenters. The zero-order chi connectivity index (χ0) is 21.7. The van der Waals surface area contributed by atoms with Gasteiger partial charge in [-0.2, -0.15) is 5.10 Å². The van der Waals surface area contributed by atoms with Gasteiger partial charge in [-0.3, -0.25) is 4.79 Å². The number of carbonyl (C=O) groups excluding carboxylic acids is 1. The molecule has 3 aromatic rings. The fraction of sp³-hybridized carbons (Fsp3) is 0.273. The smallest absolute Gasteiger partial charge is 0.225 e. The molecule has 0 saturated carbocycles. The molecule has 2 aromatic carbocycles. The second-order valence-corrected chi connectivity index (χ2v) is 7.08. The number of methoxy groups -OCH3 is 3. The molecule has 8 heteroatoms. The molecule has 0 saturated heterocycles. The average molecular weight is 430 g/mol. The van der Waals surface area contributed by atoms with E-state index in [2.05, 4.69) is 10.4 Å². The Balaban J connectivity index is 1.73. The molecule has 1 heterocycles. The van der Waals surface area contributed by atoms with Gasteiger partial charge in [0.05, 0.1) is 32.7 Å². The normalized spacial score (nSPS) is 10.6. The minimum Gasteiger partial charge on any atom is -0.493 e. The molecule has 0 unspecified atom stereocenters. The molecule has 0 radical (unpaired) electrons. The third-order valence-corrected chi connectivity index (χ3v) is 4.75. The summed E-state index contributed by atoms with van der Waals surface area (Å²) in [5, 5.41) is 7.98. The number of amides is 1. The first-order chi connectivity index (χ1) is 14.4. The van der Waals surface area contributed by atoms with Crippen molar-refractivity contribution < 1.29 is 19.0 Å². The Bertz CT molecular complexity index is 1020. The quantitative estimate of drug-likeness (QED) is 0.573. The Morgan fingerprint density at radius 3 is 2.37 bits per heavy atom. The van der Waals surface area contributed by atoms with Gasteiger partial charge in [0.2, 0.25) is 11.7 Å². The number of aromatic nitrogens is 2. The summed E-state index contributed by atoms with van der Waals surface area (Å²) in [4.78, 5) is 12.6. The molecule has 1 amide bonds. The number of nitrogens with one attached hydrogen (secondary N) is 1. The molecule has 0 spiro atoms. The van der Waals surface area contributed by atoms with Gasteiger partial charge in [0.15, 0.2) is 11.5 Å². The number of hydrogen-bond donors (Lipinski definition) is 1. The number of anilines is 1. The minimum atomic E-state index is -0.132. The van der Waals surface area contributed by atoms with Crippen molar-refractivity contribution in [3.63, 3.8) is 0 Å². The topological polar surface area (TPSA) is 74.6 Å². The lowest BCUT2D eigenvalue weighted by Crippen LogP contribution is -2.15. The number of rotatable bonds is 8. The van der Waals surface area contributed by atoms with Crippen LogP contribution < -0.4 is 19.5 Å². The Morgan fingerprint density at radius 2 is 1.77 bits per heavy atom. The van der Waals surface area contributed by atoms with E-state index in [-0.39, 0.29) is 12.3 Å². The molecule has 0 aliphatic carbocycles. The summed E-state index contributed by atoms with van der Waals surface area (Å²) in [6, 6.07) is 12.8. The van der Waals surface area contributed by atoms with Crippen LogP contribution >= 0.6 is 11.6 Å². The van der Waals surface area contributed by atoms with Crippen LogP contribution in [0, 0.1) is 6.92 Å². The molecular formula is C22H24ClN3O4. The molecule has 0 aliphatic heterocycles. The fourth-order valence-electron chi connectivity index (χ4n) is 3.14. The molecule has 158 valence electrons. The molecule has 0 fully saturated rings. The first-order valence-electron chi connectivity index (χ1n) is 9.36. The zero-order valence-corrected chi connectivity index (χ0v) is 18.1. The lowest BCUT2D eigenvalue weighted by atomic mass is 10.1. The third-order valence-electron chi connectivity index (χ3n) is 4.52. The summed E-state index contributed by atoms with van der Waals surface area (Å²) in [5.74, 6) is 2.09. The second kappa shape index (κ2) is 9.54.